The summed E-state index contributed by atoms with van der Waals surface area (Å²) < 4.78 is 18.4. The van der Waals surface area contributed by atoms with Crippen molar-refractivity contribution in [1.29, 1.82) is 0 Å². The smallest absolute Gasteiger partial charge is 0.426 e. The first kappa shape index (κ1) is 18.6. The average Bonchev–Trinajstić information content (AvgIpc) is 3.17. The highest BCUT2D eigenvalue weighted by Crippen LogP contribution is 2.30. The fourth-order valence-corrected chi connectivity index (χ4v) is 2.91. The molecule has 4 aromatic rings. The molecular formula is C23H21N2O4+. The molecule has 1 heterocycles. The van der Waals surface area contributed by atoms with Crippen LogP contribution in [0.1, 0.15) is 16.7 Å². The van der Waals surface area contributed by atoms with Gasteiger partial charge in [-0.2, -0.15) is 0 Å². The van der Waals surface area contributed by atoms with Gasteiger partial charge in [-0.3, -0.25) is 4.52 Å². The van der Waals surface area contributed by atoms with Crippen molar-refractivity contribution in [3.63, 3.8) is 0 Å². The lowest BCUT2D eigenvalue weighted by molar-refractivity contribution is -0.754. The van der Waals surface area contributed by atoms with E-state index in [1.165, 1.54) is 6.20 Å². The van der Waals surface area contributed by atoms with Crippen molar-refractivity contribution in [2.24, 2.45) is 0 Å². The zero-order valence-corrected chi connectivity index (χ0v) is 15.8. The number of rotatable bonds is 8. The molecule has 0 aliphatic carbocycles. The van der Waals surface area contributed by atoms with Crippen LogP contribution in [0.15, 0.2) is 94.4 Å². The normalized spacial score (nSPS) is 10.6. The van der Waals surface area contributed by atoms with Crippen LogP contribution in [0.2, 0.25) is 0 Å². The molecule has 0 bridgehead atoms. The number of nitrogens with zero attached hydrogens (tertiary/aromatic N) is 1. The summed E-state index contributed by atoms with van der Waals surface area (Å²) in [7, 11) is 0. The molecule has 1 aromatic heterocycles. The predicted octanol–water partition coefficient (Wildman–Crippen LogP) is 3.46. The van der Waals surface area contributed by atoms with Crippen molar-refractivity contribution in [2.75, 3.05) is 0 Å². The molecule has 1 N–H and O–H groups in total. The highest BCUT2D eigenvalue weighted by Gasteiger charge is 2.12. The van der Waals surface area contributed by atoms with Crippen LogP contribution in [0.4, 0.5) is 0 Å². The van der Waals surface area contributed by atoms with E-state index in [9.17, 15) is 4.79 Å². The molecule has 0 aliphatic heterocycles. The minimum absolute atomic E-state index is 0.423. The molecule has 0 saturated heterocycles. The Morgan fingerprint density at radius 3 is 1.97 bits per heavy atom. The van der Waals surface area contributed by atoms with Gasteiger partial charge >= 0.3 is 5.63 Å². The number of hydrogen-bond donors (Lipinski definition) is 1. The molecule has 146 valence electrons. The van der Waals surface area contributed by atoms with Gasteiger partial charge in [0.25, 0.3) is 6.20 Å². The first-order valence-corrected chi connectivity index (χ1v) is 9.30. The fourth-order valence-electron chi connectivity index (χ4n) is 2.91. The highest BCUT2D eigenvalue weighted by atomic mass is 16.5. The van der Waals surface area contributed by atoms with E-state index < -0.39 is 5.63 Å². The topological polar surface area (TPSA) is 68.3 Å². The second-order valence-corrected chi connectivity index (χ2v) is 6.60. The predicted molar refractivity (Wildman–Crippen MR) is 107 cm³/mol. The maximum Gasteiger partial charge on any atom is 0.426 e. The largest absolute Gasteiger partial charge is 0.485 e. The molecule has 0 radical (unpaired) electrons. The van der Waals surface area contributed by atoms with E-state index in [0.717, 1.165) is 16.7 Å². The lowest BCUT2D eigenvalue weighted by atomic mass is 10.2. The third-order valence-electron chi connectivity index (χ3n) is 4.36. The standard InChI is InChI=1S/C23H20N2O4/c26-23-15-25(24-29-23)14-20-11-12-21(27-16-18-7-3-1-4-8-18)22(13-20)28-17-19-9-5-2-6-10-19/h1-13,15H,14,16-17H2/p+1. The monoisotopic (exact) mass is 389 g/mol. The van der Waals surface area contributed by atoms with Crippen molar-refractivity contribution in [1.82, 2.24) is 5.27 Å². The van der Waals surface area contributed by atoms with Gasteiger partial charge < -0.3 is 9.47 Å². The Morgan fingerprint density at radius 1 is 0.759 bits per heavy atom. The molecule has 0 atom stereocenters. The van der Waals surface area contributed by atoms with Gasteiger partial charge in [-0.1, -0.05) is 65.3 Å². The summed E-state index contributed by atoms with van der Waals surface area (Å²) in [6, 6.07) is 25.7. The van der Waals surface area contributed by atoms with Crippen molar-refractivity contribution >= 4 is 0 Å². The lowest BCUT2D eigenvalue weighted by Crippen LogP contribution is -2.35. The Kier molecular flexibility index (Phi) is 5.71. The van der Waals surface area contributed by atoms with Crippen molar-refractivity contribution in [3.8, 4) is 11.5 Å². The van der Waals surface area contributed by atoms with E-state index in [1.54, 1.807) is 4.68 Å². The van der Waals surface area contributed by atoms with E-state index >= 15 is 0 Å². The van der Waals surface area contributed by atoms with Crippen LogP contribution in [0.3, 0.4) is 0 Å². The van der Waals surface area contributed by atoms with Gasteiger partial charge in [-0.05, 0) is 34.6 Å². The van der Waals surface area contributed by atoms with Crippen LogP contribution in [-0.4, -0.2) is 5.27 Å². The van der Waals surface area contributed by atoms with E-state index in [-0.39, 0.29) is 0 Å². The minimum atomic E-state index is -0.423. The Hall–Kier alpha value is -3.80. The third-order valence-corrected chi connectivity index (χ3v) is 4.36. The molecule has 3 aromatic carbocycles. The van der Waals surface area contributed by atoms with Crippen LogP contribution in [0, 0.1) is 0 Å². The summed E-state index contributed by atoms with van der Waals surface area (Å²) in [5, 5.41) is 2.55. The molecule has 0 unspecified atom stereocenters. The van der Waals surface area contributed by atoms with E-state index in [0.29, 0.717) is 31.3 Å². The van der Waals surface area contributed by atoms with Crippen molar-refractivity contribution < 1.29 is 18.7 Å². The number of ether oxygens (including phenoxy) is 2. The second kappa shape index (κ2) is 8.93. The molecular weight excluding hydrogens is 368 g/mol. The molecule has 6 nitrogen and oxygen atoms in total. The van der Waals surface area contributed by atoms with Crippen LogP contribution >= 0.6 is 0 Å². The zero-order chi connectivity index (χ0) is 19.9. The first-order chi connectivity index (χ1) is 14.3. The summed E-state index contributed by atoms with van der Waals surface area (Å²) in [6.45, 7) is 1.33. The van der Waals surface area contributed by atoms with Crippen LogP contribution in [0.25, 0.3) is 0 Å². The molecule has 0 fully saturated rings. The van der Waals surface area contributed by atoms with Gasteiger partial charge in [0, 0.05) is 5.56 Å². The molecule has 0 spiro atoms. The number of H-pyrrole nitrogens is 1. The summed E-state index contributed by atoms with van der Waals surface area (Å²) in [6.07, 6.45) is 1.37. The maximum absolute atomic E-state index is 11.2. The van der Waals surface area contributed by atoms with Crippen LogP contribution in [-0.2, 0) is 19.8 Å². The summed E-state index contributed by atoms with van der Waals surface area (Å²) in [4.78, 5) is 11.2. The number of benzene rings is 3. The van der Waals surface area contributed by atoms with E-state index in [4.69, 9.17) is 14.0 Å². The van der Waals surface area contributed by atoms with Gasteiger partial charge in [0.05, 0.1) is 0 Å². The Labute approximate surface area is 167 Å². The molecule has 4 rings (SSSR count). The summed E-state index contributed by atoms with van der Waals surface area (Å²) in [5.74, 6) is 1.31. The zero-order valence-electron chi connectivity index (χ0n) is 15.8. The van der Waals surface area contributed by atoms with Gasteiger partial charge in [-0.15, -0.1) is 0 Å². The fraction of sp³-hybridized carbons (Fsp3) is 0.130. The maximum atomic E-state index is 11.2. The van der Waals surface area contributed by atoms with Gasteiger partial charge in [0.1, 0.15) is 13.2 Å². The van der Waals surface area contributed by atoms with Gasteiger partial charge in [-0.25, -0.2) is 4.79 Å². The number of hydrogen-bond acceptors (Lipinski definition) is 4. The summed E-state index contributed by atoms with van der Waals surface area (Å²) >= 11 is 0. The molecule has 0 saturated carbocycles. The Balaban J connectivity index is 1.53. The molecule has 0 aliphatic rings. The minimum Gasteiger partial charge on any atom is -0.485 e. The highest BCUT2D eigenvalue weighted by molar-refractivity contribution is 5.43. The van der Waals surface area contributed by atoms with Crippen LogP contribution in [0.5, 0.6) is 11.5 Å². The second-order valence-electron chi connectivity index (χ2n) is 6.60. The molecule has 6 heteroatoms. The SMILES string of the molecule is O=c1c[n+](Cc2ccc(OCc3ccccc3)c(OCc3ccccc3)c2)[nH]o1. The Morgan fingerprint density at radius 2 is 1.38 bits per heavy atom. The quantitative estimate of drug-likeness (QED) is 0.469. The number of nitrogens with one attached hydrogen (secondary N) is 1. The van der Waals surface area contributed by atoms with E-state index in [2.05, 4.69) is 5.27 Å². The number of aromatic amines is 1. The average molecular weight is 389 g/mol. The number of aromatic nitrogens is 2. The van der Waals surface area contributed by atoms with E-state index in [1.807, 2.05) is 78.9 Å². The lowest BCUT2D eigenvalue weighted by Gasteiger charge is -2.14. The van der Waals surface area contributed by atoms with Crippen molar-refractivity contribution in [3.05, 3.63) is 112 Å². The van der Waals surface area contributed by atoms with Crippen LogP contribution < -0.4 is 19.8 Å². The van der Waals surface area contributed by atoms with Gasteiger partial charge in [0.2, 0.25) is 6.54 Å². The first-order valence-electron chi connectivity index (χ1n) is 9.30. The van der Waals surface area contributed by atoms with Gasteiger partial charge in [0.15, 0.2) is 11.5 Å². The third kappa shape index (κ3) is 5.13. The Bertz CT molecular complexity index is 1100. The molecule has 0 amide bonds. The molecule has 29 heavy (non-hydrogen) atoms. The summed E-state index contributed by atoms with van der Waals surface area (Å²) in [5.41, 5.74) is 2.67. The van der Waals surface area contributed by atoms with Crippen molar-refractivity contribution in [2.45, 2.75) is 19.8 Å².